The Kier molecular flexibility index (Phi) is 5.54. The highest BCUT2D eigenvalue weighted by atomic mass is 31.2. The summed E-state index contributed by atoms with van der Waals surface area (Å²) >= 11 is 0. The van der Waals surface area contributed by atoms with Gasteiger partial charge in [0.05, 0.1) is 13.9 Å². The third-order valence-electron chi connectivity index (χ3n) is 1.51. The maximum absolute atomic E-state index is 10.9. The van der Waals surface area contributed by atoms with E-state index in [1.807, 2.05) is 0 Å². The van der Waals surface area contributed by atoms with Crippen molar-refractivity contribution >= 4 is 13.6 Å². The van der Waals surface area contributed by atoms with Crippen molar-refractivity contribution in [3.8, 4) is 0 Å². The summed E-state index contributed by atoms with van der Waals surface area (Å²) in [6.45, 7) is -0.0522. The summed E-state index contributed by atoms with van der Waals surface area (Å²) in [5.41, 5.74) is 0. The molecule has 0 fully saturated rings. The molecule has 90 valence electrons. The predicted molar refractivity (Wildman–Crippen MR) is 42.3 cm³/mol. The quantitative estimate of drug-likeness (QED) is 0.406. The van der Waals surface area contributed by atoms with Gasteiger partial charge in [-0.3, -0.25) is 4.79 Å². The molecular formula is C6H11O8P-2. The zero-order valence-electron chi connectivity index (χ0n) is 7.77. The average molecular weight is 242 g/mol. The van der Waals surface area contributed by atoms with Crippen LogP contribution in [0.1, 0.15) is 6.92 Å². The molecule has 0 saturated carbocycles. The van der Waals surface area contributed by atoms with E-state index in [9.17, 15) is 19.1 Å². The molecule has 9 heteroatoms. The topological polar surface area (TPSA) is 150 Å². The van der Waals surface area contributed by atoms with Crippen molar-refractivity contribution in [3.05, 3.63) is 0 Å². The lowest BCUT2D eigenvalue weighted by Crippen LogP contribution is -2.42. The molecule has 0 aliphatic rings. The van der Waals surface area contributed by atoms with Crippen LogP contribution < -0.4 is 9.79 Å². The lowest BCUT2D eigenvalue weighted by Gasteiger charge is -2.29. The normalized spacial score (nSPS) is 18.3. The number of rotatable bonds is 6. The van der Waals surface area contributed by atoms with Gasteiger partial charge in [0.1, 0.15) is 18.8 Å². The fraction of sp³-hybridized carbons (Fsp3) is 0.833. The number of phosphoric acid groups is 1. The number of phosphoric ester groups is 1. The van der Waals surface area contributed by atoms with Gasteiger partial charge in [0, 0.05) is 0 Å². The number of carbonyl (C=O) groups excluding carboxylic acids is 1. The van der Waals surface area contributed by atoms with Crippen molar-refractivity contribution < 1.29 is 39.0 Å². The van der Waals surface area contributed by atoms with Crippen LogP contribution in [0.3, 0.4) is 0 Å². The Hall–Kier alpha value is -0.340. The standard InChI is InChI=1S/C6H13O8P/c1-3(7)5(9)6(10)4(8)2-14-15(11,12)13/h3,5-7,9-10H,2H2,1H3,(H2,11,12,13)/p-2/t3-,5+,6+/m1/s1. The molecule has 0 saturated heterocycles. The molecular weight excluding hydrogens is 231 g/mol. The molecule has 0 amide bonds. The van der Waals surface area contributed by atoms with Crippen molar-refractivity contribution in [2.45, 2.75) is 25.2 Å². The lowest BCUT2D eigenvalue weighted by atomic mass is 10.1. The summed E-state index contributed by atoms with van der Waals surface area (Å²) in [5.74, 6) is -1.21. The first-order chi connectivity index (χ1) is 6.65. The molecule has 0 spiro atoms. The minimum absolute atomic E-state index is 1.12. The van der Waals surface area contributed by atoms with Gasteiger partial charge in [-0.1, -0.05) is 0 Å². The van der Waals surface area contributed by atoms with Gasteiger partial charge in [0.15, 0.2) is 5.78 Å². The van der Waals surface area contributed by atoms with Crippen molar-refractivity contribution in [2.24, 2.45) is 0 Å². The average Bonchev–Trinajstić information content (AvgIpc) is 2.10. The van der Waals surface area contributed by atoms with Crippen molar-refractivity contribution in [2.75, 3.05) is 6.61 Å². The van der Waals surface area contributed by atoms with Gasteiger partial charge in [-0.2, -0.15) is 0 Å². The molecule has 0 heterocycles. The second kappa shape index (κ2) is 5.66. The van der Waals surface area contributed by atoms with Crippen molar-refractivity contribution in [1.29, 1.82) is 0 Å². The lowest BCUT2D eigenvalue weighted by molar-refractivity contribution is -0.341. The number of Topliss-reactive ketones (excluding diaryl/α,β-unsaturated/α-hetero) is 1. The highest BCUT2D eigenvalue weighted by Crippen LogP contribution is 2.24. The zero-order chi connectivity index (χ0) is 12.2. The number of hydrogen-bond donors (Lipinski definition) is 3. The first-order valence-electron chi connectivity index (χ1n) is 3.88. The van der Waals surface area contributed by atoms with E-state index in [2.05, 4.69) is 4.52 Å². The van der Waals surface area contributed by atoms with E-state index in [0.717, 1.165) is 6.92 Å². The van der Waals surface area contributed by atoms with Crippen LogP contribution in [0.2, 0.25) is 0 Å². The van der Waals surface area contributed by atoms with E-state index in [0.29, 0.717) is 0 Å². The van der Waals surface area contributed by atoms with Gasteiger partial charge < -0.3 is 34.2 Å². The molecule has 0 aliphatic heterocycles. The molecule has 15 heavy (non-hydrogen) atoms. The van der Waals surface area contributed by atoms with E-state index in [1.165, 1.54) is 0 Å². The molecule has 0 radical (unpaired) electrons. The number of aliphatic hydroxyl groups excluding tert-OH is 3. The SMILES string of the molecule is C[C@@H](O)[C@H](O)[C@@H](O)C(=O)COP(=O)([O-])[O-]. The van der Waals surface area contributed by atoms with Crippen molar-refractivity contribution in [3.63, 3.8) is 0 Å². The number of hydrogen-bond acceptors (Lipinski definition) is 8. The smallest absolute Gasteiger partial charge is 0.189 e. The van der Waals surface area contributed by atoms with Crippen LogP contribution in [-0.4, -0.2) is 46.0 Å². The second-order valence-corrected chi connectivity index (χ2v) is 4.02. The minimum Gasteiger partial charge on any atom is -0.790 e. The second-order valence-electron chi connectivity index (χ2n) is 2.86. The van der Waals surface area contributed by atoms with E-state index in [1.54, 1.807) is 0 Å². The van der Waals surface area contributed by atoms with Crippen LogP contribution in [-0.2, 0) is 13.9 Å². The highest BCUT2D eigenvalue weighted by Gasteiger charge is 2.27. The summed E-state index contributed by atoms with van der Waals surface area (Å²) in [7, 11) is -5.29. The van der Waals surface area contributed by atoms with Gasteiger partial charge in [0.25, 0.3) is 0 Å². The molecule has 0 aliphatic carbocycles. The van der Waals surface area contributed by atoms with Crippen LogP contribution in [0, 0.1) is 0 Å². The third kappa shape index (κ3) is 5.95. The Morgan fingerprint density at radius 1 is 1.40 bits per heavy atom. The Labute approximate surface area is 85.4 Å². The van der Waals surface area contributed by atoms with E-state index < -0.39 is 38.5 Å². The summed E-state index contributed by atoms with van der Waals surface area (Å²) in [4.78, 5) is 30.8. The predicted octanol–water partition coefficient (Wildman–Crippen LogP) is -3.50. The molecule has 0 aromatic rings. The first-order valence-corrected chi connectivity index (χ1v) is 5.34. The maximum Gasteiger partial charge on any atom is 0.189 e. The Bertz CT molecular complexity index is 258. The molecule has 0 aromatic carbocycles. The van der Waals surface area contributed by atoms with Gasteiger partial charge in [-0.05, 0) is 6.92 Å². The van der Waals surface area contributed by atoms with E-state index in [4.69, 9.17) is 15.3 Å². The van der Waals surface area contributed by atoms with Crippen LogP contribution in [0.4, 0.5) is 0 Å². The minimum atomic E-state index is -5.29. The highest BCUT2D eigenvalue weighted by molar-refractivity contribution is 7.43. The summed E-state index contributed by atoms with van der Waals surface area (Å²) in [5, 5.41) is 26.8. The van der Waals surface area contributed by atoms with Gasteiger partial charge in [-0.25, -0.2) is 0 Å². The maximum atomic E-state index is 10.9. The van der Waals surface area contributed by atoms with E-state index >= 15 is 0 Å². The number of ketones is 1. The first kappa shape index (κ1) is 14.7. The summed E-state index contributed by atoms with van der Waals surface area (Å²) < 4.78 is 13.6. The van der Waals surface area contributed by atoms with Crippen LogP contribution in [0.15, 0.2) is 0 Å². The molecule has 0 rings (SSSR count). The number of carbonyl (C=O) groups is 1. The monoisotopic (exact) mass is 242 g/mol. The fourth-order valence-electron chi connectivity index (χ4n) is 0.682. The Morgan fingerprint density at radius 2 is 1.87 bits per heavy atom. The van der Waals surface area contributed by atoms with Gasteiger partial charge in [-0.15, -0.1) is 0 Å². The van der Waals surface area contributed by atoms with Crippen LogP contribution in [0.25, 0.3) is 0 Å². The largest absolute Gasteiger partial charge is 0.790 e. The zero-order valence-corrected chi connectivity index (χ0v) is 8.66. The van der Waals surface area contributed by atoms with Crippen molar-refractivity contribution in [1.82, 2.24) is 0 Å². The fourth-order valence-corrected chi connectivity index (χ4v) is 0.968. The van der Waals surface area contributed by atoms with Gasteiger partial charge in [0.2, 0.25) is 0 Å². The molecule has 0 aromatic heterocycles. The Morgan fingerprint density at radius 3 is 2.20 bits per heavy atom. The molecule has 3 N–H and O–H groups in total. The molecule has 0 bridgehead atoms. The summed E-state index contributed by atoms with van der Waals surface area (Å²) in [6, 6.07) is 0. The molecule has 8 nitrogen and oxygen atoms in total. The summed E-state index contributed by atoms with van der Waals surface area (Å²) in [6.07, 6.45) is -5.15. The third-order valence-corrected chi connectivity index (χ3v) is 1.96. The van der Waals surface area contributed by atoms with Gasteiger partial charge >= 0.3 is 0 Å². The number of aliphatic hydroxyl groups is 3. The van der Waals surface area contributed by atoms with E-state index in [-0.39, 0.29) is 0 Å². The molecule has 0 unspecified atom stereocenters. The van der Waals surface area contributed by atoms with Crippen LogP contribution >= 0.6 is 7.82 Å². The Balaban J connectivity index is 4.17. The molecule has 3 atom stereocenters. The van der Waals surface area contributed by atoms with Crippen LogP contribution in [0.5, 0.6) is 0 Å².